The average molecular weight is 289 g/mol. The maximum Gasteiger partial charge on any atom is 0.119 e. The third-order valence-corrected chi connectivity index (χ3v) is 5.13. The molecular formula is C18H27NO2. The van der Waals surface area contributed by atoms with Crippen LogP contribution in [0.3, 0.4) is 0 Å². The fourth-order valence-electron chi connectivity index (χ4n) is 3.96. The summed E-state index contributed by atoms with van der Waals surface area (Å²) in [5.74, 6) is 0.579. The fraction of sp³-hybridized carbons (Fsp3) is 0.556. The van der Waals surface area contributed by atoms with Gasteiger partial charge in [-0.3, -0.25) is 0 Å². The second kappa shape index (κ2) is 6.20. The quantitative estimate of drug-likeness (QED) is 0.747. The summed E-state index contributed by atoms with van der Waals surface area (Å²) in [5.41, 5.74) is 1.84. The number of aliphatic hydroxyl groups is 1. The Morgan fingerprint density at radius 1 is 1.38 bits per heavy atom. The van der Waals surface area contributed by atoms with Crippen LogP contribution in [0.25, 0.3) is 0 Å². The van der Waals surface area contributed by atoms with Crippen molar-refractivity contribution in [2.75, 3.05) is 7.05 Å². The van der Waals surface area contributed by atoms with Gasteiger partial charge < -0.3 is 15.5 Å². The highest BCUT2D eigenvalue weighted by molar-refractivity contribution is 5.47. The predicted molar refractivity (Wildman–Crippen MR) is 86.6 cm³/mol. The third kappa shape index (κ3) is 2.72. The minimum Gasteiger partial charge on any atom is -0.508 e. The SMILES string of the molecule is CCC1(c2c(C)cccc2O)CC(O)C=CC1C(C)NC. The van der Waals surface area contributed by atoms with Crippen LogP contribution in [0.15, 0.2) is 30.4 Å². The molecule has 3 nitrogen and oxygen atoms in total. The highest BCUT2D eigenvalue weighted by Crippen LogP contribution is 2.49. The Labute approximate surface area is 127 Å². The molecule has 1 aromatic carbocycles. The van der Waals surface area contributed by atoms with Gasteiger partial charge in [0.1, 0.15) is 5.75 Å². The normalized spacial score (nSPS) is 30.3. The van der Waals surface area contributed by atoms with Crippen LogP contribution in [0.1, 0.15) is 37.8 Å². The standard InChI is InChI=1S/C18H27NO2/c1-5-18(17-12(2)7-6-8-16(17)21)11-14(20)9-10-15(18)13(3)19-4/h6-10,13-15,19-21H,5,11H2,1-4H3. The van der Waals surface area contributed by atoms with Gasteiger partial charge in [-0.05, 0) is 45.4 Å². The van der Waals surface area contributed by atoms with Gasteiger partial charge in [0.25, 0.3) is 0 Å². The van der Waals surface area contributed by atoms with E-state index in [1.807, 2.05) is 32.2 Å². The minimum atomic E-state index is -0.454. The van der Waals surface area contributed by atoms with E-state index in [2.05, 4.69) is 25.2 Å². The van der Waals surface area contributed by atoms with E-state index in [-0.39, 0.29) is 17.4 Å². The van der Waals surface area contributed by atoms with Crippen LogP contribution >= 0.6 is 0 Å². The van der Waals surface area contributed by atoms with Gasteiger partial charge in [0.05, 0.1) is 6.10 Å². The zero-order chi connectivity index (χ0) is 15.6. The number of nitrogens with one attached hydrogen (secondary N) is 1. The fourth-order valence-corrected chi connectivity index (χ4v) is 3.96. The summed E-state index contributed by atoms with van der Waals surface area (Å²) in [6, 6.07) is 5.94. The molecule has 116 valence electrons. The lowest BCUT2D eigenvalue weighted by Crippen LogP contribution is -2.48. The smallest absolute Gasteiger partial charge is 0.119 e. The highest BCUT2D eigenvalue weighted by atomic mass is 16.3. The summed E-state index contributed by atoms with van der Waals surface area (Å²) in [5, 5.41) is 24.0. The molecule has 0 saturated carbocycles. The van der Waals surface area contributed by atoms with E-state index in [0.717, 1.165) is 17.5 Å². The topological polar surface area (TPSA) is 52.5 Å². The van der Waals surface area contributed by atoms with E-state index < -0.39 is 6.10 Å². The molecule has 4 unspecified atom stereocenters. The molecule has 0 fully saturated rings. The lowest BCUT2D eigenvalue weighted by atomic mass is 9.59. The maximum absolute atomic E-state index is 10.5. The van der Waals surface area contributed by atoms with E-state index in [4.69, 9.17) is 0 Å². The van der Waals surface area contributed by atoms with E-state index in [1.54, 1.807) is 6.07 Å². The first-order valence-corrected chi connectivity index (χ1v) is 7.79. The van der Waals surface area contributed by atoms with Gasteiger partial charge in [-0.15, -0.1) is 0 Å². The van der Waals surface area contributed by atoms with Crippen LogP contribution < -0.4 is 5.32 Å². The molecule has 1 aliphatic rings. The summed E-state index contributed by atoms with van der Waals surface area (Å²) in [7, 11) is 1.96. The average Bonchev–Trinajstić information content (AvgIpc) is 2.46. The van der Waals surface area contributed by atoms with Crippen molar-refractivity contribution in [2.45, 2.75) is 51.2 Å². The Morgan fingerprint density at radius 2 is 2.10 bits per heavy atom. The van der Waals surface area contributed by atoms with E-state index in [1.165, 1.54) is 0 Å². The van der Waals surface area contributed by atoms with Crippen LogP contribution in [0.5, 0.6) is 5.75 Å². The van der Waals surface area contributed by atoms with Crippen molar-refractivity contribution in [3.05, 3.63) is 41.5 Å². The highest BCUT2D eigenvalue weighted by Gasteiger charge is 2.45. The van der Waals surface area contributed by atoms with Crippen molar-refractivity contribution < 1.29 is 10.2 Å². The molecule has 0 aliphatic heterocycles. The van der Waals surface area contributed by atoms with E-state index in [9.17, 15) is 10.2 Å². The van der Waals surface area contributed by atoms with Gasteiger partial charge in [0.2, 0.25) is 0 Å². The third-order valence-electron chi connectivity index (χ3n) is 5.13. The lowest BCUT2D eigenvalue weighted by Gasteiger charge is -2.46. The van der Waals surface area contributed by atoms with Crippen molar-refractivity contribution in [3.8, 4) is 5.75 Å². The van der Waals surface area contributed by atoms with Crippen LogP contribution in [-0.4, -0.2) is 29.4 Å². The molecule has 0 radical (unpaired) electrons. The molecular weight excluding hydrogens is 262 g/mol. The monoisotopic (exact) mass is 289 g/mol. The molecule has 21 heavy (non-hydrogen) atoms. The summed E-state index contributed by atoms with van der Waals surface area (Å²) in [6.45, 7) is 6.35. The number of hydrogen-bond donors (Lipinski definition) is 3. The number of phenolic OH excluding ortho intramolecular Hbond substituents is 1. The summed E-state index contributed by atoms with van der Waals surface area (Å²) >= 11 is 0. The zero-order valence-electron chi connectivity index (χ0n) is 13.4. The van der Waals surface area contributed by atoms with Gasteiger partial charge >= 0.3 is 0 Å². The summed E-state index contributed by atoms with van der Waals surface area (Å²) in [6.07, 6.45) is 5.08. The maximum atomic E-state index is 10.5. The number of aliphatic hydroxyl groups excluding tert-OH is 1. The molecule has 0 saturated heterocycles. The Hall–Kier alpha value is -1.32. The van der Waals surface area contributed by atoms with Crippen LogP contribution in [-0.2, 0) is 5.41 Å². The van der Waals surface area contributed by atoms with Crippen LogP contribution in [0.2, 0.25) is 0 Å². The molecule has 0 spiro atoms. The summed E-state index contributed by atoms with van der Waals surface area (Å²) in [4.78, 5) is 0. The molecule has 0 bridgehead atoms. The molecule has 2 rings (SSSR count). The Balaban J connectivity index is 2.63. The number of hydrogen-bond acceptors (Lipinski definition) is 3. The van der Waals surface area contributed by atoms with Crippen LogP contribution in [0.4, 0.5) is 0 Å². The molecule has 4 atom stereocenters. The number of aryl methyl sites for hydroxylation is 1. The van der Waals surface area contributed by atoms with E-state index >= 15 is 0 Å². The second-order valence-electron chi connectivity index (χ2n) is 6.24. The van der Waals surface area contributed by atoms with Crippen molar-refractivity contribution in [1.82, 2.24) is 5.32 Å². The zero-order valence-corrected chi connectivity index (χ0v) is 13.4. The number of benzene rings is 1. The molecule has 0 aromatic heterocycles. The molecule has 0 heterocycles. The Morgan fingerprint density at radius 3 is 2.67 bits per heavy atom. The van der Waals surface area contributed by atoms with Gasteiger partial charge in [0, 0.05) is 22.9 Å². The first kappa shape index (κ1) is 16.1. The largest absolute Gasteiger partial charge is 0.508 e. The van der Waals surface area contributed by atoms with Gasteiger partial charge in [-0.25, -0.2) is 0 Å². The summed E-state index contributed by atoms with van der Waals surface area (Å²) < 4.78 is 0. The molecule has 1 aliphatic carbocycles. The minimum absolute atomic E-state index is 0.239. The van der Waals surface area contributed by atoms with Crippen molar-refractivity contribution in [1.29, 1.82) is 0 Å². The van der Waals surface area contributed by atoms with Gasteiger partial charge in [-0.1, -0.05) is 31.2 Å². The van der Waals surface area contributed by atoms with Crippen molar-refractivity contribution >= 4 is 0 Å². The first-order chi connectivity index (χ1) is 9.96. The van der Waals surface area contributed by atoms with Crippen molar-refractivity contribution in [2.24, 2.45) is 5.92 Å². The number of rotatable bonds is 4. The lowest BCUT2D eigenvalue weighted by molar-refractivity contribution is 0.117. The Bertz CT molecular complexity index is 506. The molecule has 3 N–H and O–H groups in total. The van der Waals surface area contributed by atoms with Gasteiger partial charge in [0.15, 0.2) is 0 Å². The van der Waals surface area contributed by atoms with Crippen molar-refractivity contribution in [3.63, 3.8) is 0 Å². The predicted octanol–water partition coefficient (Wildman–Crippen LogP) is 2.89. The Kier molecular flexibility index (Phi) is 4.74. The number of aromatic hydroxyl groups is 1. The van der Waals surface area contributed by atoms with Gasteiger partial charge in [-0.2, -0.15) is 0 Å². The second-order valence-corrected chi connectivity index (χ2v) is 6.24. The van der Waals surface area contributed by atoms with E-state index in [0.29, 0.717) is 12.2 Å². The molecule has 1 aromatic rings. The molecule has 3 heteroatoms. The van der Waals surface area contributed by atoms with Crippen LogP contribution in [0, 0.1) is 12.8 Å². The molecule has 0 amide bonds. The number of phenols is 1. The first-order valence-electron chi connectivity index (χ1n) is 7.79.